The van der Waals surface area contributed by atoms with Crippen molar-refractivity contribution in [2.75, 3.05) is 16.5 Å². The molecular formula is C28H25ClN4O2S. The molecule has 3 aromatic rings. The summed E-state index contributed by atoms with van der Waals surface area (Å²) < 4.78 is 2.77. The lowest BCUT2D eigenvalue weighted by Gasteiger charge is -2.29. The van der Waals surface area contributed by atoms with Crippen molar-refractivity contribution >= 4 is 63.3 Å². The third kappa shape index (κ3) is 3.94. The molecule has 1 amide bonds. The van der Waals surface area contributed by atoms with Crippen LogP contribution in [0.5, 0.6) is 0 Å². The average Bonchev–Trinajstić information content (AvgIpc) is 3.33. The van der Waals surface area contributed by atoms with Crippen molar-refractivity contribution in [3.8, 4) is 0 Å². The number of carbonyl (C=O) groups excluding carboxylic acids is 1. The first-order valence-corrected chi connectivity index (χ1v) is 12.8. The van der Waals surface area contributed by atoms with Crippen LogP contribution in [-0.2, 0) is 11.3 Å². The van der Waals surface area contributed by atoms with Gasteiger partial charge in [0, 0.05) is 23.8 Å². The van der Waals surface area contributed by atoms with Crippen molar-refractivity contribution in [3.05, 3.63) is 96.9 Å². The zero-order chi connectivity index (χ0) is 25.6. The van der Waals surface area contributed by atoms with E-state index >= 15 is 0 Å². The minimum atomic E-state index is -0.280. The van der Waals surface area contributed by atoms with Crippen LogP contribution in [-0.4, -0.2) is 22.7 Å². The number of halogens is 1. The van der Waals surface area contributed by atoms with Gasteiger partial charge in [0.15, 0.2) is 0 Å². The number of amides is 1. The molecule has 0 saturated heterocycles. The first-order valence-electron chi connectivity index (χ1n) is 11.6. The second-order valence-corrected chi connectivity index (χ2v) is 10.1. The zero-order valence-corrected chi connectivity index (χ0v) is 21.9. The third-order valence-electron chi connectivity index (χ3n) is 6.23. The molecule has 3 heterocycles. The van der Waals surface area contributed by atoms with Crippen LogP contribution in [0, 0.1) is 6.92 Å². The highest BCUT2D eigenvalue weighted by Crippen LogP contribution is 2.31. The van der Waals surface area contributed by atoms with Crippen molar-refractivity contribution < 1.29 is 4.79 Å². The summed E-state index contributed by atoms with van der Waals surface area (Å²) in [5.74, 6) is -0.280. The Hall–Kier alpha value is -3.68. The molecule has 182 valence electrons. The highest BCUT2D eigenvalue weighted by molar-refractivity contribution is 7.08. The molecule has 0 unspecified atom stereocenters. The number of aromatic nitrogens is 1. The number of hydrogen-bond acceptors (Lipinski definition) is 5. The molecule has 0 N–H and O–H groups in total. The van der Waals surface area contributed by atoms with Gasteiger partial charge in [-0.25, -0.2) is 0 Å². The normalized spacial score (nSPS) is 18.0. The van der Waals surface area contributed by atoms with Crippen LogP contribution in [0.2, 0.25) is 5.02 Å². The largest absolute Gasteiger partial charge is 0.340 e. The lowest BCUT2D eigenvalue weighted by Crippen LogP contribution is -2.37. The van der Waals surface area contributed by atoms with E-state index in [1.54, 1.807) is 41.8 Å². The summed E-state index contributed by atoms with van der Waals surface area (Å²) in [6.07, 6.45) is 5.70. The van der Waals surface area contributed by atoms with Crippen LogP contribution in [0.15, 0.2) is 71.1 Å². The summed E-state index contributed by atoms with van der Waals surface area (Å²) >= 11 is 7.34. The van der Waals surface area contributed by atoms with Crippen LogP contribution in [0.3, 0.4) is 0 Å². The maximum atomic E-state index is 13.7. The Morgan fingerprint density at radius 3 is 2.53 bits per heavy atom. The fourth-order valence-corrected chi connectivity index (χ4v) is 5.95. The number of allylic oxidation sites excluding steroid dienone is 1. The molecule has 1 aromatic heterocycles. The molecule has 2 aliphatic rings. The van der Waals surface area contributed by atoms with Crippen LogP contribution >= 0.6 is 22.9 Å². The van der Waals surface area contributed by atoms with E-state index in [9.17, 15) is 9.59 Å². The van der Waals surface area contributed by atoms with E-state index < -0.39 is 0 Å². The van der Waals surface area contributed by atoms with Gasteiger partial charge >= 0.3 is 0 Å². The molecule has 6 nitrogen and oxygen atoms in total. The number of nitrogens with zero attached hydrogens (tertiary/aromatic N) is 4. The number of likely N-dealkylation sites (N-methyl/N-ethyl adjacent to an activating group) is 1. The molecular weight excluding hydrogens is 492 g/mol. The lowest BCUT2D eigenvalue weighted by molar-refractivity contribution is -0.112. The van der Waals surface area contributed by atoms with Crippen molar-refractivity contribution in [2.45, 2.75) is 27.3 Å². The lowest BCUT2D eigenvalue weighted by atomic mass is 10.0. The van der Waals surface area contributed by atoms with Crippen molar-refractivity contribution in [2.24, 2.45) is 5.10 Å². The molecule has 8 heteroatoms. The second kappa shape index (κ2) is 9.41. The number of benzene rings is 2. The Bertz CT molecular complexity index is 1640. The molecule has 0 atom stereocenters. The van der Waals surface area contributed by atoms with Gasteiger partial charge in [-0.05, 0) is 68.8 Å². The Morgan fingerprint density at radius 2 is 1.83 bits per heavy atom. The molecule has 0 radical (unpaired) electrons. The molecule has 0 saturated carbocycles. The van der Waals surface area contributed by atoms with Gasteiger partial charge in [0.1, 0.15) is 9.20 Å². The smallest absolute Gasteiger partial charge is 0.283 e. The Labute approximate surface area is 218 Å². The monoisotopic (exact) mass is 516 g/mol. The number of fused-ring (bicyclic) bond motifs is 1. The first-order chi connectivity index (χ1) is 17.3. The van der Waals surface area contributed by atoms with E-state index in [0.29, 0.717) is 37.7 Å². The molecule has 36 heavy (non-hydrogen) atoms. The SMILES string of the molecule is C=CCn1c(=C2C(=O)N(c3ccc(Cl)cc3)N=C2C)sc(=C2C=Cc3cc(C)ccc3N2CC)c1=O. The topological polar surface area (TPSA) is 57.9 Å². The molecule has 0 fully saturated rings. The van der Waals surface area contributed by atoms with Crippen LogP contribution in [0.25, 0.3) is 17.3 Å². The van der Waals surface area contributed by atoms with Gasteiger partial charge in [0.05, 0.1) is 22.7 Å². The van der Waals surface area contributed by atoms with E-state index in [-0.39, 0.29) is 18.0 Å². The van der Waals surface area contributed by atoms with E-state index in [4.69, 9.17) is 11.6 Å². The van der Waals surface area contributed by atoms with E-state index in [0.717, 1.165) is 16.9 Å². The minimum absolute atomic E-state index is 0.151. The number of hydrazone groups is 1. The highest BCUT2D eigenvalue weighted by atomic mass is 35.5. The van der Waals surface area contributed by atoms with E-state index in [2.05, 4.69) is 48.6 Å². The molecule has 2 aromatic carbocycles. The Kier molecular flexibility index (Phi) is 6.28. The molecule has 0 aliphatic carbocycles. The van der Waals surface area contributed by atoms with Gasteiger partial charge in [0.25, 0.3) is 11.5 Å². The third-order valence-corrected chi connectivity index (χ3v) is 7.69. The van der Waals surface area contributed by atoms with Crippen LogP contribution < -0.4 is 24.7 Å². The molecule has 2 aliphatic heterocycles. The van der Waals surface area contributed by atoms with E-state index in [1.165, 1.54) is 21.9 Å². The highest BCUT2D eigenvalue weighted by Gasteiger charge is 2.31. The number of carbonyl (C=O) groups is 1. The van der Waals surface area contributed by atoms with Gasteiger partial charge in [-0.15, -0.1) is 17.9 Å². The molecule has 0 bridgehead atoms. The fourth-order valence-electron chi connectivity index (χ4n) is 4.54. The van der Waals surface area contributed by atoms with Crippen molar-refractivity contribution in [1.29, 1.82) is 0 Å². The van der Waals surface area contributed by atoms with Crippen molar-refractivity contribution in [1.82, 2.24) is 4.57 Å². The number of aryl methyl sites for hydroxylation is 1. The van der Waals surface area contributed by atoms with Crippen molar-refractivity contribution in [3.63, 3.8) is 0 Å². The first kappa shape index (κ1) is 24.0. The molecule has 0 spiro atoms. The summed E-state index contributed by atoms with van der Waals surface area (Å²) in [5.41, 5.74) is 5.61. The van der Waals surface area contributed by atoms with E-state index in [1.807, 2.05) is 12.2 Å². The van der Waals surface area contributed by atoms with Gasteiger partial charge in [-0.3, -0.25) is 14.2 Å². The maximum absolute atomic E-state index is 13.7. The van der Waals surface area contributed by atoms with Gasteiger partial charge in [-0.1, -0.05) is 35.4 Å². The minimum Gasteiger partial charge on any atom is -0.340 e. The number of anilines is 2. The van der Waals surface area contributed by atoms with Gasteiger partial charge < -0.3 is 4.90 Å². The van der Waals surface area contributed by atoms with Crippen LogP contribution in [0.4, 0.5) is 11.4 Å². The fraction of sp³-hybridized carbons (Fsp3) is 0.179. The standard InChI is InChI=1S/C28H25ClN4O2S/c1-5-15-32-27(35)25(23-14-8-19-16-17(3)7-13-22(19)31(23)6-2)36-28(32)24-18(4)30-33(26(24)34)21-11-9-20(29)10-12-21/h5,7-14,16H,1,6,15H2,2-4H3. The second-order valence-electron chi connectivity index (χ2n) is 8.62. The summed E-state index contributed by atoms with van der Waals surface area (Å²) in [5, 5.41) is 6.44. The zero-order valence-electron chi connectivity index (χ0n) is 20.3. The Morgan fingerprint density at radius 1 is 1.08 bits per heavy atom. The molecule has 5 rings (SSSR count). The summed E-state index contributed by atoms with van der Waals surface area (Å²) in [6.45, 7) is 10.7. The van der Waals surface area contributed by atoms with Gasteiger partial charge in [-0.2, -0.15) is 10.1 Å². The quantitative estimate of drug-likeness (QED) is 0.486. The summed E-state index contributed by atoms with van der Waals surface area (Å²) in [7, 11) is 0. The number of thiazole rings is 1. The average molecular weight is 517 g/mol. The number of rotatable bonds is 4. The predicted molar refractivity (Wildman–Crippen MR) is 150 cm³/mol. The maximum Gasteiger partial charge on any atom is 0.283 e. The Balaban J connectivity index is 1.74. The summed E-state index contributed by atoms with van der Waals surface area (Å²) in [4.78, 5) is 29.4. The predicted octanol–water partition coefficient (Wildman–Crippen LogP) is 4.29. The van der Waals surface area contributed by atoms with Crippen LogP contribution in [0.1, 0.15) is 25.0 Å². The number of hydrogen-bond donors (Lipinski definition) is 0. The van der Waals surface area contributed by atoms with Gasteiger partial charge in [0.2, 0.25) is 0 Å². The summed E-state index contributed by atoms with van der Waals surface area (Å²) in [6, 6.07) is 13.2.